The van der Waals surface area contributed by atoms with Crippen molar-refractivity contribution in [3.05, 3.63) is 95.6 Å². The summed E-state index contributed by atoms with van der Waals surface area (Å²) in [6.07, 6.45) is 0. The van der Waals surface area contributed by atoms with Crippen molar-refractivity contribution in [1.29, 1.82) is 0 Å². The highest BCUT2D eigenvalue weighted by atomic mass is 16.5. The van der Waals surface area contributed by atoms with Crippen molar-refractivity contribution in [2.24, 2.45) is 0 Å². The molecular weight excluding hydrogens is 402 g/mol. The zero-order valence-electron chi connectivity index (χ0n) is 18.2. The quantitative estimate of drug-likeness (QED) is 0.320. The van der Waals surface area contributed by atoms with Crippen LogP contribution >= 0.6 is 0 Å². The Morgan fingerprint density at radius 3 is 1.38 bits per heavy atom. The van der Waals surface area contributed by atoms with Crippen molar-refractivity contribution in [1.82, 2.24) is 0 Å². The number of aromatic hydroxyl groups is 3. The third kappa shape index (κ3) is 4.32. The number of ether oxygens (including phenoxy) is 1. The molecule has 0 aromatic heterocycles. The Bertz CT molecular complexity index is 1210. The van der Waals surface area contributed by atoms with Crippen molar-refractivity contribution in [2.45, 2.75) is 20.8 Å². The summed E-state index contributed by atoms with van der Waals surface area (Å²) in [7, 11) is 0. The number of phenols is 3. The van der Waals surface area contributed by atoms with Gasteiger partial charge in [0.15, 0.2) is 0 Å². The largest absolute Gasteiger partial charge is 0.508 e. The Morgan fingerprint density at radius 1 is 0.500 bits per heavy atom. The number of phenolic OH excluding ortho intramolecular Hbond substituents is 3. The van der Waals surface area contributed by atoms with E-state index in [9.17, 15) is 15.3 Å². The van der Waals surface area contributed by atoms with Gasteiger partial charge in [-0.15, -0.1) is 0 Å². The van der Waals surface area contributed by atoms with Crippen LogP contribution in [0.4, 0.5) is 17.1 Å². The van der Waals surface area contributed by atoms with Gasteiger partial charge in [0.25, 0.3) is 0 Å². The summed E-state index contributed by atoms with van der Waals surface area (Å²) in [6, 6.07) is 23.6. The average molecular weight is 428 g/mol. The summed E-state index contributed by atoms with van der Waals surface area (Å²) in [5.41, 5.74) is 4.69. The van der Waals surface area contributed by atoms with E-state index >= 15 is 0 Å². The Kier molecular flexibility index (Phi) is 5.65. The number of anilines is 3. The van der Waals surface area contributed by atoms with E-state index in [0.29, 0.717) is 11.5 Å². The third-order valence-corrected chi connectivity index (χ3v) is 5.41. The normalized spacial score (nSPS) is 10.7. The van der Waals surface area contributed by atoms with Crippen molar-refractivity contribution >= 4 is 17.1 Å². The molecule has 0 radical (unpaired) electrons. The molecule has 0 saturated heterocycles. The highest BCUT2D eigenvalue weighted by Crippen LogP contribution is 2.39. The lowest BCUT2D eigenvalue weighted by molar-refractivity contribution is 0.452. The molecule has 0 saturated carbocycles. The topological polar surface area (TPSA) is 73.2 Å². The van der Waals surface area contributed by atoms with Gasteiger partial charge in [0.1, 0.15) is 28.7 Å². The van der Waals surface area contributed by atoms with E-state index in [1.165, 1.54) is 0 Å². The molecule has 0 bridgehead atoms. The van der Waals surface area contributed by atoms with Gasteiger partial charge < -0.3 is 25.0 Å². The van der Waals surface area contributed by atoms with E-state index in [-0.39, 0.29) is 17.2 Å². The van der Waals surface area contributed by atoms with Gasteiger partial charge in [-0.25, -0.2) is 0 Å². The summed E-state index contributed by atoms with van der Waals surface area (Å²) in [5, 5.41) is 30.5. The minimum atomic E-state index is 0.184. The lowest BCUT2D eigenvalue weighted by Gasteiger charge is -2.26. The van der Waals surface area contributed by atoms with Crippen LogP contribution in [0.2, 0.25) is 0 Å². The average Bonchev–Trinajstić information content (AvgIpc) is 2.77. The Morgan fingerprint density at radius 2 is 0.906 bits per heavy atom. The summed E-state index contributed by atoms with van der Waals surface area (Å²) in [4.78, 5) is 1.94. The predicted octanol–water partition coefficient (Wildman–Crippen LogP) is 6.99. The first-order chi connectivity index (χ1) is 15.3. The van der Waals surface area contributed by atoms with Crippen molar-refractivity contribution in [3.63, 3.8) is 0 Å². The maximum absolute atomic E-state index is 10.3. The Balaban J connectivity index is 1.71. The smallest absolute Gasteiger partial charge is 0.131 e. The molecule has 4 rings (SSSR count). The van der Waals surface area contributed by atoms with Gasteiger partial charge >= 0.3 is 0 Å². The molecule has 0 amide bonds. The first-order valence-electron chi connectivity index (χ1n) is 10.3. The minimum Gasteiger partial charge on any atom is -0.508 e. The highest BCUT2D eigenvalue weighted by molar-refractivity contribution is 5.78. The molecule has 32 heavy (non-hydrogen) atoms. The third-order valence-electron chi connectivity index (χ3n) is 5.41. The molecule has 0 unspecified atom stereocenters. The van der Waals surface area contributed by atoms with E-state index in [4.69, 9.17) is 4.74 Å². The maximum atomic E-state index is 10.3. The van der Waals surface area contributed by atoms with Crippen LogP contribution in [0.5, 0.6) is 28.7 Å². The number of hydrogen-bond acceptors (Lipinski definition) is 5. The zero-order valence-corrected chi connectivity index (χ0v) is 18.2. The van der Waals surface area contributed by atoms with Gasteiger partial charge in [-0.1, -0.05) is 18.2 Å². The molecule has 0 atom stereocenters. The lowest BCUT2D eigenvalue weighted by Crippen LogP contribution is -2.10. The van der Waals surface area contributed by atoms with Crippen LogP contribution in [0.25, 0.3) is 0 Å². The molecule has 4 aromatic rings. The molecule has 0 fully saturated rings. The van der Waals surface area contributed by atoms with Crippen molar-refractivity contribution < 1.29 is 20.1 Å². The number of benzene rings is 4. The maximum Gasteiger partial charge on any atom is 0.131 e. The second-order valence-corrected chi connectivity index (χ2v) is 7.82. The van der Waals surface area contributed by atoms with Crippen LogP contribution < -0.4 is 9.64 Å². The van der Waals surface area contributed by atoms with E-state index in [0.717, 1.165) is 33.8 Å². The molecule has 0 heterocycles. The zero-order chi connectivity index (χ0) is 22.8. The van der Waals surface area contributed by atoms with Crippen LogP contribution in [-0.2, 0) is 0 Å². The first kappa shape index (κ1) is 21.1. The van der Waals surface area contributed by atoms with Crippen LogP contribution in [0, 0.1) is 20.8 Å². The summed E-state index contributed by atoms with van der Waals surface area (Å²) >= 11 is 0. The molecule has 5 heteroatoms. The number of rotatable bonds is 5. The van der Waals surface area contributed by atoms with Crippen molar-refractivity contribution in [2.75, 3.05) is 4.90 Å². The van der Waals surface area contributed by atoms with Crippen LogP contribution in [-0.4, -0.2) is 15.3 Å². The molecule has 0 aliphatic heterocycles. The highest BCUT2D eigenvalue weighted by Gasteiger charge is 2.15. The van der Waals surface area contributed by atoms with Gasteiger partial charge in [0.2, 0.25) is 0 Å². The standard InChI is InChI=1S/C27H25NO4/c1-17-4-7-21(14-25(17)29)28(22-8-5-18(2)26(30)15-22)20-9-12-23(13-10-20)32-24-11-6-19(3)27(31)16-24/h4-16,29-31H,1-3H3. The Labute approximate surface area is 187 Å². The van der Waals surface area contributed by atoms with E-state index in [1.807, 2.05) is 74.2 Å². The van der Waals surface area contributed by atoms with Gasteiger partial charge in [0.05, 0.1) is 0 Å². The minimum absolute atomic E-state index is 0.184. The molecule has 5 nitrogen and oxygen atoms in total. The van der Waals surface area contributed by atoms with E-state index in [1.54, 1.807) is 30.3 Å². The second kappa shape index (κ2) is 8.55. The summed E-state index contributed by atoms with van der Waals surface area (Å²) in [5.74, 6) is 1.75. The number of aryl methyl sites for hydroxylation is 3. The monoisotopic (exact) mass is 427 g/mol. The Hall–Kier alpha value is -4.12. The summed E-state index contributed by atoms with van der Waals surface area (Å²) < 4.78 is 5.87. The molecule has 0 aliphatic carbocycles. The second-order valence-electron chi connectivity index (χ2n) is 7.82. The van der Waals surface area contributed by atoms with E-state index in [2.05, 4.69) is 0 Å². The lowest BCUT2D eigenvalue weighted by atomic mass is 10.1. The molecule has 0 aliphatic rings. The first-order valence-corrected chi connectivity index (χ1v) is 10.3. The molecular formula is C27H25NO4. The molecule has 0 spiro atoms. The van der Waals surface area contributed by atoms with E-state index < -0.39 is 0 Å². The molecule has 4 aromatic carbocycles. The fourth-order valence-corrected chi connectivity index (χ4v) is 3.37. The SMILES string of the molecule is Cc1ccc(Oc2ccc(N(c3ccc(C)c(O)c3)c3ccc(C)c(O)c3)cc2)cc1O. The number of hydrogen-bond donors (Lipinski definition) is 3. The fraction of sp³-hybridized carbons (Fsp3) is 0.111. The van der Waals surface area contributed by atoms with Crippen LogP contribution in [0.1, 0.15) is 16.7 Å². The number of nitrogens with zero attached hydrogens (tertiary/aromatic N) is 1. The molecule has 162 valence electrons. The van der Waals surface area contributed by atoms with Gasteiger partial charge in [0, 0.05) is 35.3 Å². The van der Waals surface area contributed by atoms with Crippen LogP contribution in [0.3, 0.4) is 0 Å². The van der Waals surface area contributed by atoms with Gasteiger partial charge in [-0.05, 0) is 79.9 Å². The van der Waals surface area contributed by atoms with Crippen LogP contribution in [0.15, 0.2) is 78.9 Å². The van der Waals surface area contributed by atoms with Gasteiger partial charge in [-0.2, -0.15) is 0 Å². The summed E-state index contributed by atoms with van der Waals surface area (Å²) in [6.45, 7) is 5.51. The predicted molar refractivity (Wildman–Crippen MR) is 127 cm³/mol. The van der Waals surface area contributed by atoms with Gasteiger partial charge in [-0.3, -0.25) is 0 Å². The fourth-order valence-electron chi connectivity index (χ4n) is 3.37. The van der Waals surface area contributed by atoms with Crippen molar-refractivity contribution in [3.8, 4) is 28.7 Å². The molecule has 3 N–H and O–H groups in total.